The molecule has 0 saturated heterocycles. The van der Waals surface area contributed by atoms with Crippen LogP contribution in [0.15, 0.2) is 35.9 Å². The SMILES string of the molecule is O=C(NCCC1=CCCCC1)C1(c2cccc(F)c2)CCCC1. The Morgan fingerprint density at radius 3 is 2.70 bits per heavy atom. The van der Waals surface area contributed by atoms with Crippen LogP contribution in [0.5, 0.6) is 0 Å². The normalized spacial score (nSPS) is 20.1. The lowest BCUT2D eigenvalue weighted by Crippen LogP contribution is -2.43. The Morgan fingerprint density at radius 1 is 1.17 bits per heavy atom. The minimum atomic E-state index is -0.525. The number of allylic oxidation sites excluding steroid dienone is 1. The molecule has 0 aliphatic heterocycles. The van der Waals surface area contributed by atoms with E-state index in [2.05, 4.69) is 11.4 Å². The highest BCUT2D eigenvalue weighted by Crippen LogP contribution is 2.41. The number of carbonyl (C=O) groups excluding carboxylic acids is 1. The zero-order chi connectivity index (χ0) is 16.1. The Hall–Kier alpha value is -1.64. The molecule has 1 aromatic carbocycles. The second-order valence-corrected chi connectivity index (χ2v) is 6.91. The van der Waals surface area contributed by atoms with E-state index in [9.17, 15) is 9.18 Å². The molecule has 2 nitrogen and oxygen atoms in total. The number of carbonyl (C=O) groups is 1. The van der Waals surface area contributed by atoms with Crippen LogP contribution in [0.25, 0.3) is 0 Å². The van der Waals surface area contributed by atoms with E-state index in [0.29, 0.717) is 6.54 Å². The van der Waals surface area contributed by atoms with Gasteiger partial charge in [-0.3, -0.25) is 4.79 Å². The van der Waals surface area contributed by atoms with Gasteiger partial charge in [-0.1, -0.05) is 36.6 Å². The van der Waals surface area contributed by atoms with Crippen LogP contribution in [0.2, 0.25) is 0 Å². The topological polar surface area (TPSA) is 29.1 Å². The number of hydrogen-bond donors (Lipinski definition) is 1. The highest BCUT2D eigenvalue weighted by atomic mass is 19.1. The fraction of sp³-hybridized carbons (Fsp3) is 0.550. The third kappa shape index (κ3) is 3.65. The van der Waals surface area contributed by atoms with Gasteiger partial charge in [-0.15, -0.1) is 0 Å². The van der Waals surface area contributed by atoms with Crippen LogP contribution in [-0.4, -0.2) is 12.5 Å². The Morgan fingerprint density at radius 2 is 2.00 bits per heavy atom. The van der Waals surface area contributed by atoms with E-state index in [0.717, 1.165) is 37.7 Å². The molecule has 2 aliphatic rings. The predicted octanol–water partition coefficient (Wildman–Crippen LogP) is 4.64. The van der Waals surface area contributed by atoms with E-state index in [1.807, 2.05) is 6.07 Å². The van der Waals surface area contributed by atoms with Crippen LogP contribution >= 0.6 is 0 Å². The first kappa shape index (κ1) is 16.2. The van der Waals surface area contributed by atoms with Crippen molar-refractivity contribution >= 4 is 5.91 Å². The van der Waals surface area contributed by atoms with Gasteiger partial charge in [0.05, 0.1) is 5.41 Å². The molecule has 0 aromatic heterocycles. The monoisotopic (exact) mass is 315 g/mol. The van der Waals surface area contributed by atoms with Crippen molar-refractivity contribution in [2.24, 2.45) is 0 Å². The molecule has 1 N–H and O–H groups in total. The van der Waals surface area contributed by atoms with Gasteiger partial charge >= 0.3 is 0 Å². The third-order valence-corrected chi connectivity index (χ3v) is 5.39. The van der Waals surface area contributed by atoms with Crippen molar-refractivity contribution in [3.05, 3.63) is 47.3 Å². The zero-order valence-electron chi connectivity index (χ0n) is 13.7. The van der Waals surface area contributed by atoms with Crippen molar-refractivity contribution in [3.63, 3.8) is 0 Å². The summed E-state index contributed by atoms with van der Waals surface area (Å²) in [5.74, 6) is -0.175. The number of amides is 1. The molecule has 0 heterocycles. The number of halogens is 1. The molecule has 0 atom stereocenters. The van der Waals surface area contributed by atoms with Gasteiger partial charge in [-0.05, 0) is 62.6 Å². The first-order valence-corrected chi connectivity index (χ1v) is 8.93. The van der Waals surface area contributed by atoms with Crippen LogP contribution in [0, 0.1) is 5.82 Å². The molecular weight excluding hydrogens is 289 g/mol. The second-order valence-electron chi connectivity index (χ2n) is 6.91. The number of benzene rings is 1. The van der Waals surface area contributed by atoms with Gasteiger partial charge in [0, 0.05) is 6.54 Å². The van der Waals surface area contributed by atoms with Gasteiger partial charge in [-0.2, -0.15) is 0 Å². The molecule has 1 saturated carbocycles. The molecule has 1 amide bonds. The van der Waals surface area contributed by atoms with Crippen molar-refractivity contribution in [3.8, 4) is 0 Å². The summed E-state index contributed by atoms with van der Waals surface area (Å²) in [4.78, 5) is 12.9. The van der Waals surface area contributed by atoms with E-state index in [-0.39, 0.29) is 11.7 Å². The molecule has 0 radical (unpaired) electrons. The van der Waals surface area contributed by atoms with Crippen molar-refractivity contribution in [2.45, 2.75) is 63.2 Å². The van der Waals surface area contributed by atoms with Crippen LogP contribution in [0.3, 0.4) is 0 Å². The van der Waals surface area contributed by atoms with Crippen molar-refractivity contribution in [1.29, 1.82) is 0 Å². The second kappa shape index (κ2) is 7.29. The summed E-state index contributed by atoms with van der Waals surface area (Å²) in [6, 6.07) is 6.59. The number of hydrogen-bond acceptors (Lipinski definition) is 1. The van der Waals surface area contributed by atoms with Gasteiger partial charge in [0.15, 0.2) is 0 Å². The lowest BCUT2D eigenvalue weighted by molar-refractivity contribution is -0.126. The van der Waals surface area contributed by atoms with Crippen LogP contribution in [0.4, 0.5) is 4.39 Å². The predicted molar refractivity (Wildman–Crippen MR) is 90.7 cm³/mol. The summed E-state index contributed by atoms with van der Waals surface area (Å²) >= 11 is 0. The zero-order valence-corrected chi connectivity index (χ0v) is 13.7. The lowest BCUT2D eigenvalue weighted by atomic mass is 9.78. The molecular formula is C20H26FNO. The van der Waals surface area contributed by atoms with Crippen molar-refractivity contribution < 1.29 is 9.18 Å². The molecule has 2 aliphatic carbocycles. The highest BCUT2D eigenvalue weighted by Gasteiger charge is 2.42. The Kier molecular flexibility index (Phi) is 5.14. The molecule has 124 valence electrons. The van der Waals surface area contributed by atoms with E-state index >= 15 is 0 Å². The van der Waals surface area contributed by atoms with Gasteiger partial charge in [0.1, 0.15) is 5.82 Å². The summed E-state index contributed by atoms with van der Waals surface area (Å²) < 4.78 is 13.6. The van der Waals surface area contributed by atoms with E-state index in [4.69, 9.17) is 0 Å². The van der Waals surface area contributed by atoms with Crippen molar-refractivity contribution in [2.75, 3.05) is 6.54 Å². The maximum absolute atomic E-state index is 13.6. The summed E-state index contributed by atoms with van der Waals surface area (Å²) in [7, 11) is 0. The van der Waals surface area contributed by atoms with Crippen LogP contribution < -0.4 is 5.32 Å². The van der Waals surface area contributed by atoms with E-state index < -0.39 is 5.41 Å². The smallest absolute Gasteiger partial charge is 0.230 e. The maximum atomic E-state index is 13.6. The Labute approximate surface area is 138 Å². The fourth-order valence-electron chi connectivity index (χ4n) is 4.05. The summed E-state index contributed by atoms with van der Waals surface area (Å²) in [5, 5.41) is 3.13. The van der Waals surface area contributed by atoms with Gasteiger partial charge < -0.3 is 5.32 Å². The van der Waals surface area contributed by atoms with Crippen LogP contribution in [-0.2, 0) is 10.2 Å². The van der Waals surface area contributed by atoms with E-state index in [1.165, 1.54) is 43.4 Å². The average molecular weight is 315 g/mol. The summed E-state index contributed by atoms with van der Waals surface area (Å²) in [6.45, 7) is 0.696. The molecule has 3 rings (SSSR count). The molecule has 23 heavy (non-hydrogen) atoms. The fourth-order valence-corrected chi connectivity index (χ4v) is 4.05. The van der Waals surface area contributed by atoms with E-state index in [1.54, 1.807) is 6.07 Å². The van der Waals surface area contributed by atoms with Crippen molar-refractivity contribution in [1.82, 2.24) is 5.32 Å². The minimum absolute atomic E-state index is 0.0806. The molecule has 1 aromatic rings. The van der Waals surface area contributed by atoms with Gasteiger partial charge in [-0.25, -0.2) is 4.39 Å². The Bertz CT molecular complexity index is 587. The van der Waals surface area contributed by atoms with Gasteiger partial charge in [0.2, 0.25) is 5.91 Å². The summed E-state index contributed by atoms with van der Waals surface area (Å²) in [6.07, 6.45) is 11.9. The summed E-state index contributed by atoms with van der Waals surface area (Å²) in [5.41, 5.74) is 1.79. The maximum Gasteiger partial charge on any atom is 0.230 e. The standard InChI is InChI=1S/C20H26FNO/c21-18-10-6-9-17(15-18)20(12-4-5-13-20)19(23)22-14-11-16-7-2-1-3-8-16/h6-7,9-10,15H,1-5,8,11-14H2,(H,22,23). The highest BCUT2D eigenvalue weighted by molar-refractivity contribution is 5.88. The minimum Gasteiger partial charge on any atom is -0.355 e. The Balaban J connectivity index is 1.66. The third-order valence-electron chi connectivity index (χ3n) is 5.39. The first-order chi connectivity index (χ1) is 11.2. The van der Waals surface area contributed by atoms with Gasteiger partial charge in [0.25, 0.3) is 0 Å². The lowest BCUT2D eigenvalue weighted by Gasteiger charge is -2.28. The molecule has 0 bridgehead atoms. The molecule has 0 unspecified atom stereocenters. The average Bonchev–Trinajstić information content (AvgIpc) is 3.07. The first-order valence-electron chi connectivity index (χ1n) is 8.93. The molecule has 1 fully saturated rings. The molecule has 3 heteroatoms. The van der Waals surface area contributed by atoms with Crippen LogP contribution in [0.1, 0.15) is 63.4 Å². The molecule has 0 spiro atoms. The number of nitrogens with one attached hydrogen (secondary N) is 1. The quantitative estimate of drug-likeness (QED) is 0.788. The number of rotatable bonds is 5. The largest absolute Gasteiger partial charge is 0.355 e.